The van der Waals surface area contributed by atoms with Gasteiger partial charge in [0, 0.05) is 11.1 Å². The van der Waals surface area contributed by atoms with Crippen LogP contribution in [-0.4, -0.2) is 24.0 Å². The second-order valence-corrected chi connectivity index (χ2v) is 6.80. The summed E-state index contributed by atoms with van der Waals surface area (Å²) in [7, 11) is 1.59. The standard InChI is InChI=1S/C18H21NO3S/c1-22-17-10-6-5-9-15(17)13-23(21)18(11-16(20)12-19)14-7-3-2-4-8-14/h2-10,18H,11-13,19H2,1H3. The highest BCUT2D eigenvalue weighted by atomic mass is 32.2. The van der Waals surface area contributed by atoms with Crippen molar-refractivity contribution in [2.24, 2.45) is 5.73 Å². The van der Waals surface area contributed by atoms with E-state index >= 15 is 0 Å². The first-order valence-corrected chi connectivity index (χ1v) is 8.79. The number of ether oxygens (including phenoxy) is 1. The van der Waals surface area contributed by atoms with Crippen molar-refractivity contribution in [3.05, 3.63) is 65.7 Å². The fourth-order valence-corrected chi connectivity index (χ4v) is 3.98. The number of benzene rings is 2. The number of para-hydroxylation sites is 1. The molecule has 4 nitrogen and oxygen atoms in total. The molecule has 0 aromatic heterocycles. The molecule has 0 bridgehead atoms. The minimum absolute atomic E-state index is 0.0325. The lowest BCUT2D eigenvalue weighted by Gasteiger charge is -2.22. The maximum absolute atomic E-state index is 12.9. The molecule has 0 aliphatic rings. The van der Waals surface area contributed by atoms with Crippen molar-refractivity contribution >= 4 is 17.0 Å². The fraction of sp³-hybridized carbons (Fsp3) is 0.278. The van der Waals surface area contributed by atoms with Gasteiger partial charge in [-0.15, -0.1) is 0 Å². The summed E-state index contributed by atoms with van der Waals surface area (Å²) in [4.78, 5) is 11.8. The highest BCUT2D eigenvalue weighted by Gasteiger charge is 2.28. The maximum atomic E-state index is 12.9. The molecule has 2 aromatic carbocycles. The van der Waals surface area contributed by atoms with E-state index in [2.05, 4.69) is 0 Å². The van der Waals surface area contributed by atoms with Gasteiger partial charge < -0.3 is 15.0 Å². The molecule has 0 aliphatic carbocycles. The Labute approximate surface area is 139 Å². The van der Waals surface area contributed by atoms with Crippen LogP contribution in [0.15, 0.2) is 54.6 Å². The van der Waals surface area contributed by atoms with E-state index in [1.54, 1.807) is 7.11 Å². The molecule has 0 aliphatic heterocycles. The molecule has 2 unspecified atom stereocenters. The molecular formula is C18H21NO3S. The van der Waals surface area contributed by atoms with Crippen LogP contribution in [-0.2, 0) is 21.7 Å². The third-order valence-corrected chi connectivity index (χ3v) is 5.29. The summed E-state index contributed by atoms with van der Waals surface area (Å²) in [5, 5.41) is -0.364. The van der Waals surface area contributed by atoms with Gasteiger partial charge in [0.05, 0.1) is 20.1 Å². The number of methoxy groups -OCH3 is 1. The van der Waals surface area contributed by atoms with Crippen LogP contribution < -0.4 is 10.5 Å². The minimum Gasteiger partial charge on any atom is -0.616 e. The summed E-state index contributed by atoms with van der Waals surface area (Å²) in [6, 6.07) is 17.0. The van der Waals surface area contributed by atoms with E-state index in [9.17, 15) is 9.35 Å². The molecule has 0 heterocycles. The van der Waals surface area contributed by atoms with Crippen molar-refractivity contribution in [3.8, 4) is 5.75 Å². The molecule has 2 N–H and O–H groups in total. The van der Waals surface area contributed by atoms with Crippen LogP contribution in [0.1, 0.15) is 22.8 Å². The molecule has 2 aromatic rings. The Morgan fingerprint density at radius 2 is 1.83 bits per heavy atom. The van der Waals surface area contributed by atoms with Crippen LogP contribution in [0.25, 0.3) is 0 Å². The van der Waals surface area contributed by atoms with Crippen molar-refractivity contribution < 1.29 is 14.1 Å². The molecule has 0 radical (unpaired) electrons. The lowest BCUT2D eigenvalue weighted by molar-refractivity contribution is -0.117. The summed E-state index contributed by atoms with van der Waals surface area (Å²) in [6.07, 6.45) is 0.183. The number of hydrogen-bond acceptors (Lipinski definition) is 4. The predicted octanol–water partition coefficient (Wildman–Crippen LogP) is 2.60. The first-order valence-electron chi connectivity index (χ1n) is 7.41. The van der Waals surface area contributed by atoms with E-state index in [-0.39, 0.29) is 24.0 Å². The molecule has 5 heteroatoms. The van der Waals surface area contributed by atoms with Crippen LogP contribution in [0.5, 0.6) is 5.75 Å². The zero-order valence-electron chi connectivity index (χ0n) is 13.1. The summed E-state index contributed by atoms with van der Waals surface area (Å²) in [5.41, 5.74) is 7.19. The second kappa shape index (κ2) is 8.72. The van der Waals surface area contributed by atoms with E-state index in [0.29, 0.717) is 11.5 Å². The van der Waals surface area contributed by atoms with Gasteiger partial charge in [0.25, 0.3) is 0 Å². The number of nitrogens with two attached hydrogens (primary N) is 1. The van der Waals surface area contributed by atoms with E-state index in [1.807, 2.05) is 54.6 Å². The second-order valence-electron chi connectivity index (χ2n) is 5.18. The van der Waals surface area contributed by atoms with Crippen LogP contribution in [0, 0.1) is 0 Å². The highest BCUT2D eigenvalue weighted by Crippen LogP contribution is 2.31. The zero-order chi connectivity index (χ0) is 16.7. The average molecular weight is 331 g/mol. The monoisotopic (exact) mass is 331 g/mol. The molecule has 2 rings (SSSR count). The van der Waals surface area contributed by atoms with Crippen molar-refractivity contribution in [2.75, 3.05) is 13.7 Å². The summed E-state index contributed by atoms with van der Waals surface area (Å²) >= 11 is -1.25. The topological polar surface area (TPSA) is 75.4 Å². The number of rotatable bonds is 8. The molecule has 0 spiro atoms. The van der Waals surface area contributed by atoms with Gasteiger partial charge in [0.15, 0.2) is 5.78 Å². The molecule has 0 saturated heterocycles. The normalized spacial score (nSPS) is 13.3. The molecule has 0 saturated carbocycles. The Hall–Kier alpha value is -1.82. The predicted molar refractivity (Wildman–Crippen MR) is 92.7 cm³/mol. The molecule has 23 heavy (non-hydrogen) atoms. The van der Waals surface area contributed by atoms with E-state index in [0.717, 1.165) is 11.1 Å². The average Bonchev–Trinajstić information content (AvgIpc) is 2.60. The lowest BCUT2D eigenvalue weighted by atomic mass is 10.1. The van der Waals surface area contributed by atoms with Crippen molar-refractivity contribution in [2.45, 2.75) is 17.4 Å². The van der Waals surface area contributed by atoms with Crippen molar-refractivity contribution in [3.63, 3.8) is 0 Å². The Morgan fingerprint density at radius 3 is 2.48 bits per heavy atom. The third-order valence-electron chi connectivity index (χ3n) is 3.62. The minimum atomic E-state index is -1.25. The fourth-order valence-electron chi connectivity index (χ4n) is 2.40. The first kappa shape index (κ1) is 17.5. The summed E-state index contributed by atoms with van der Waals surface area (Å²) in [6.45, 7) is -0.0325. The van der Waals surface area contributed by atoms with Crippen LogP contribution in [0.3, 0.4) is 0 Å². The van der Waals surface area contributed by atoms with E-state index < -0.39 is 11.2 Å². The Balaban J connectivity index is 2.22. The highest BCUT2D eigenvalue weighted by molar-refractivity contribution is 7.90. The van der Waals surface area contributed by atoms with Gasteiger partial charge in [-0.1, -0.05) is 48.5 Å². The van der Waals surface area contributed by atoms with Crippen molar-refractivity contribution in [1.82, 2.24) is 0 Å². The Morgan fingerprint density at radius 1 is 1.17 bits per heavy atom. The third kappa shape index (κ3) is 4.82. The summed E-state index contributed by atoms with van der Waals surface area (Å²) < 4.78 is 18.2. The molecular weight excluding hydrogens is 310 g/mol. The summed E-state index contributed by atoms with van der Waals surface area (Å²) in [5.74, 6) is 0.951. The lowest BCUT2D eigenvalue weighted by Crippen LogP contribution is -2.23. The molecule has 0 fully saturated rings. The SMILES string of the molecule is COc1ccccc1C[S+]([O-])C(CC(=O)CN)c1ccccc1. The van der Waals surface area contributed by atoms with Gasteiger partial charge >= 0.3 is 0 Å². The number of Topliss-reactive ketones (excluding diaryl/α,β-unsaturated/α-hetero) is 1. The van der Waals surface area contributed by atoms with Gasteiger partial charge in [-0.05, 0) is 17.2 Å². The van der Waals surface area contributed by atoms with E-state index in [1.165, 1.54) is 0 Å². The molecule has 0 amide bonds. The zero-order valence-corrected chi connectivity index (χ0v) is 13.9. The van der Waals surface area contributed by atoms with Crippen molar-refractivity contribution in [1.29, 1.82) is 0 Å². The van der Waals surface area contributed by atoms with Crippen LogP contribution in [0.2, 0.25) is 0 Å². The maximum Gasteiger partial charge on any atom is 0.151 e. The number of ketones is 1. The number of carbonyl (C=O) groups excluding carboxylic acids is 1. The number of hydrogen-bond donors (Lipinski definition) is 1. The first-order chi connectivity index (χ1) is 11.2. The smallest absolute Gasteiger partial charge is 0.151 e. The molecule has 122 valence electrons. The Bertz CT molecular complexity index is 633. The van der Waals surface area contributed by atoms with Gasteiger partial charge in [-0.3, -0.25) is 4.79 Å². The van der Waals surface area contributed by atoms with E-state index in [4.69, 9.17) is 10.5 Å². The van der Waals surface area contributed by atoms with Gasteiger partial charge in [-0.2, -0.15) is 0 Å². The van der Waals surface area contributed by atoms with Gasteiger partial charge in [-0.25, -0.2) is 0 Å². The molecule has 2 atom stereocenters. The van der Waals surface area contributed by atoms with Crippen LogP contribution in [0.4, 0.5) is 0 Å². The van der Waals surface area contributed by atoms with Crippen LogP contribution >= 0.6 is 0 Å². The number of carbonyl (C=O) groups is 1. The quantitative estimate of drug-likeness (QED) is 0.755. The van der Waals surface area contributed by atoms with Gasteiger partial charge in [0.2, 0.25) is 0 Å². The van der Waals surface area contributed by atoms with Gasteiger partial charge in [0.1, 0.15) is 16.8 Å². The largest absolute Gasteiger partial charge is 0.616 e. The Kier molecular flexibility index (Phi) is 6.65.